The highest BCUT2D eigenvalue weighted by molar-refractivity contribution is 6.04. The van der Waals surface area contributed by atoms with Crippen molar-refractivity contribution in [2.45, 2.75) is 0 Å². The molecular weight excluding hydrogens is 332 g/mol. The molecule has 0 saturated carbocycles. The highest BCUT2D eigenvalue weighted by Crippen LogP contribution is 2.18. The van der Waals surface area contributed by atoms with E-state index in [4.69, 9.17) is 5.73 Å². The van der Waals surface area contributed by atoms with E-state index in [1.54, 1.807) is 5.43 Å². The van der Waals surface area contributed by atoms with Gasteiger partial charge in [-0.2, -0.15) is 0 Å². The van der Waals surface area contributed by atoms with Gasteiger partial charge in [0.25, 0.3) is 17.6 Å². The first-order chi connectivity index (χ1) is 11.8. The first-order valence-corrected chi connectivity index (χ1v) is 6.76. The molecule has 0 aromatic heterocycles. The van der Waals surface area contributed by atoms with Gasteiger partial charge in [0, 0.05) is 23.4 Å². The molecule has 11 nitrogen and oxygen atoms in total. The maximum Gasteiger partial charge on any atom is 0.270 e. The molecule has 0 unspecified atom stereocenters. The topological polar surface area (TPSA) is 166 Å². The summed E-state index contributed by atoms with van der Waals surface area (Å²) < 4.78 is 0. The lowest BCUT2D eigenvalue weighted by molar-refractivity contribution is -0.525. The normalized spacial score (nSPS) is 10.8. The molecule has 2 aromatic carbocycles. The van der Waals surface area contributed by atoms with E-state index >= 15 is 0 Å². The Morgan fingerprint density at radius 3 is 2.36 bits per heavy atom. The summed E-state index contributed by atoms with van der Waals surface area (Å²) in [6, 6.07) is 11.3. The third-order valence-corrected chi connectivity index (χ3v) is 2.90. The van der Waals surface area contributed by atoms with Crippen LogP contribution in [-0.4, -0.2) is 21.8 Å². The number of aliphatic imine (C=N–C) groups is 1. The maximum absolute atomic E-state index is 12.1. The highest BCUT2D eigenvalue weighted by Gasteiger charge is 2.11. The first-order valence-electron chi connectivity index (χ1n) is 6.76. The average Bonchev–Trinajstić information content (AvgIpc) is 2.56. The summed E-state index contributed by atoms with van der Waals surface area (Å²) in [5, 5.41) is 22.7. The highest BCUT2D eigenvalue weighted by atomic mass is 16.7. The second-order valence-electron chi connectivity index (χ2n) is 4.67. The maximum atomic E-state index is 12.1. The zero-order valence-electron chi connectivity index (χ0n) is 12.6. The van der Waals surface area contributed by atoms with Crippen molar-refractivity contribution < 1.29 is 14.8 Å². The van der Waals surface area contributed by atoms with E-state index in [9.17, 15) is 25.0 Å². The molecule has 0 spiro atoms. The SMILES string of the molecule is NC(=Nc1ccc(NC(=O)c2cccc([N+](=O)[O-])c2)cc1)N[N+](=O)[O-]. The summed E-state index contributed by atoms with van der Waals surface area (Å²) in [6.07, 6.45) is 0. The molecule has 4 N–H and O–H groups in total. The Morgan fingerprint density at radius 1 is 1.08 bits per heavy atom. The van der Waals surface area contributed by atoms with Gasteiger partial charge in [0.2, 0.25) is 0 Å². The van der Waals surface area contributed by atoms with E-state index in [0.717, 1.165) is 6.07 Å². The molecule has 11 heteroatoms. The van der Waals surface area contributed by atoms with Crippen LogP contribution in [-0.2, 0) is 0 Å². The number of non-ortho nitro benzene ring substituents is 1. The van der Waals surface area contributed by atoms with Crippen molar-refractivity contribution in [2.24, 2.45) is 10.7 Å². The molecule has 0 heterocycles. The predicted molar refractivity (Wildman–Crippen MR) is 88.9 cm³/mol. The summed E-state index contributed by atoms with van der Waals surface area (Å²) in [4.78, 5) is 36.2. The van der Waals surface area contributed by atoms with Crippen LogP contribution in [0.1, 0.15) is 10.4 Å². The molecule has 0 fully saturated rings. The lowest BCUT2D eigenvalue weighted by Gasteiger charge is -2.05. The molecule has 0 bridgehead atoms. The third kappa shape index (κ3) is 4.99. The standard InChI is InChI=1S/C14H12N6O5/c15-14(18-20(24)25)17-11-6-4-10(5-7-11)16-13(21)9-2-1-3-12(8-9)19(22)23/h1-8H,(H,16,21)(H3,15,17,18). The number of nitrogens with one attached hydrogen (secondary N) is 2. The van der Waals surface area contributed by atoms with E-state index in [1.165, 1.54) is 42.5 Å². The monoisotopic (exact) mass is 344 g/mol. The Hall–Kier alpha value is -4.02. The lowest BCUT2D eigenvalue weighted by atomic mass is 10.2. The molecule has 0 radical (unpaired) electrons. The minimum absolute atomic E-state index is 0.135. The Balaban J connectivity index is 2.08. The molecule has 0 aliphatic carbocycles. The van der Waals surface area contributed by atoms with E-state index in [1.807, 2.05) is 0 Å². The van der Waals surface area contributed by atoms with Crippen LogP contribution in [0, 0.1) is 20.2 Å². The van der Waals surface area contributed by atoms with Gasteiger partial charge < -0.3 is 11.1 Å². The number of benzene rings is 2. The number of nitro benzene ring substituents is 1. The molecule has 0 aliphatic rings. The smallest absolute Gasteiger partial charge is 0.270 e. The van der Waals surface area contributed by atoms with Crippen LogP contribution in [0.5, 0.6) is 0 Å². The van der Waals surface area contributed by atoms with Gasteiger partial charge >= 0.3 is 0 Å². The number of hydrogen-bond donors (Lipinski definition) is 3. The number of guanidine groups is 1. The van der Waals surface area contributed by atoms with Crippen LogP contribution in [0.4, 0.5) is 17.1 Å². The Labute approximate surface area is 140 Å². The number of anilines is 1. The second-order valence-corrected chi connectivity index (χ2v) is 4.67. The fourth-order valence-electron chi connectivity index (χ4n) is 1.84. The molecule has 2 aromatic rings. The van der Waals surface area contributed by atoms with Gasteiger partial charge in [-0.3, -0.25) is 14.9 Å². The molecule has 128 valence electrons. The zero-order chi connectivity index (χ0) is 18.4. The van der Waals surface area contributed by atoms with Crippen molar-refractivity contribution in [2.75, 3.05) is 5.32 Å². The summed E-state index contributed by atoms with van der Waals surface area (Å²) in [6.45, 7) is 0. The average molecular weight is 344 g/mol. The third-order valence-electron chi connectivity index (χ3n) is 2.90. The number of nitrogens with zero attached hydrogens (tertiary/aromatic N) is 3. The van der Waals surface area contributed by atoms with Crippen molar-refractivity contribution in [3.63, 3.8) is 0 Å². The number of nitrogens with two attached hydrogens (primary N) is 1. The van der Waals surface area contributed by atoms with E-state index in [0.29, 0.717) is 11.4 Å². The minimum Gasteiger partial charge on any atom is -0.365 e. The molecule has 0 saturated heterocycles. The number of nitro groups is 2. The van der Waals surface area contributed by atoms with Crippen LogP contribution in [0.25, 0.3) is 0 Å². The van der Waals surface area contributed by atoms with E-state index in [2.05, 4.69) is 10.3 Å². The number of hydrazine groups is 1. The summed E-state index contributed by atoms with van der Waals surface area (Å²) in [5.74, 6) is -0.909. The molecule has 1 amide bonds. The number of amides is 1. The fourth-order valence-corrected chi connectivity index (χ4v) is 1.84. The molecule has 0 aliphatic heterocycles. The summed E-state index contributed by atoms with van der Waals surface area (Å²) in [5.41, 5.74) is 7.70. The van der Waals surface area contributed by atoms with Gasteiger partial charge in [-0.25, -0.2) is 15.1 Å². The lowest BCUT2D eigenvalue weighted by Crippen LogP contribution is -2.35. The Bertz CT molecular complexity index is 849. The number of carbonyl (C=O) groups is 1. The van der Waals surface area contributed by atoms with Gasteiger partial charge in [0.1, 0.15) is 0 Å². The predicted octanol–water partition coefficient (Wildman–Crippen LogP) is 1.57. The van der Waals surface area contributed by atoms with Crippen LogP contribution < -0.4 is 16.5 Å². The molecule has 2 rings (SSSR count). The number of hydrogen-bond acceptors (Lipinski definition) is 6. The number of carbonyl (C=O) groups excluding carboxylic acids is 1. The van der Waals surface area contributed by atoms with Gasteiger partial charge in [-0.05, 0) is 30.3 Å². The van der Waals surface area contributed by atoms with Crippen molar-refractivity contribution in [1.82, 2.24) is 5.43 Å². The zero-order valence-corrected chi connectivity index (χ0v) is 12.6. The van der Waals surface area contributed by atoms with Crippen LogP contribution in [0.3, 0.4) is 0 Å². The van der Waals surface area contributed by atoms with Gasteiger partial charge in [0.15, 0.2) is 5.03 Å². The van der Waals surface area contributed by atoms with Crippen molar-refractivity contribution in [1.29, 1.82) is 0 Å². The quantitative estimate of drug-likeness (QED) is 0.320. The summed E-state index contributed by atoms with van der Waals surface area (Å²) >= 11 is 0. The molecule has 0 atom stereocenters. The second kappa shape index (κ2) is 7.50. The molecule has 25 heavy (non-hydrogen) atoms. The Morgan fingerprint density at radius 2 is 1.76 bits per heavy atom. The number of rotatable bonds is 5. The summed E-state index contributed by atoms with van der Waals surface area (Å²) in [7, 11) is 0. The van der Waals surface area contributed by atoms with Gasteiger partial charge in [-0.1, -0.05) is 11.5 Å². The van der Waals surface area contributed by atoms with E-state index < -0.39 is 21.8 Å². The van der Waals surface area contributed by atoms with Crippen molar-refractivity contribution in [3.05, 3.63) is 74.3 Å². The van der Waals surface area contributed by atoms with E-state index in [-0.39, 0.29) is 11.3 Å². The van der Waals surface area contributed by atoms with Crippen molar-refractivity contribution in [3.8, 4) is 0 Å². The Kier molecular flexibility index (Phi) is 5.20. The van der Waals surface area contributed by atoms with Crippen molar-refractivity contribution >= 4 is 28.9 Å². The largest absolute Gasteiger partial charge is 0.365 e. The first kappa shape index (κ1) is 17.3. The van der Waals surface area contributed by atoms with Crippen LogP contribution in [0.2, 0.25) is 0 Å². The van der Waals surface area contributed by atoms with Crippen LogP contribution >= 0.6 is 0 Å². The van der Waals surface area contributed by atoms with Gasteiger partial charge in [-0.15, -0.1) is 0 Å². The van der Waals surface area contributed by atoms with Gasteiger partial charge in [0.05, 0.1) is 10.6 Å². The minimum atomic E-state index is -0.841. The van der Waals surface area contributed by atoms with Crippen LogP contribution in [0.15, 0.2) is 53.5 Å². The molecular formula is C14H12N6O5. The fraction of sp³-hybridized carbons (Fsp3) is 0.